The molecule has 1 aromatic heterocycles. The number of carbonyl (C=O) groups excluding carboxylic acids is 1. The third-order valence-electron chi connectivity index (χ3n) is 3.24. The van der Waals surface area contributed by atoms with Gasteiger partial charge in [-0.2, -0.15) is 0 Å². The highest BCUT2D eigenvalue weighted by atomic mass is 16.4. The molecule has 0 spiro atoms. The number of hydrogen-bond donors (Lipinski definition) is 0. The van der Waals surface area contributed by atoms with E-state index in [9.17, 15) is 14.7 Å². The third-order valence-corrected chi connectivity index (χ3v) is 3.24. The van der Waals surface area contributed by atoms with Crippen LogP contribution in [0.1, 0.15) is 15.9 Å². The zero-order valence-corrected chi connectivity index (χ0v) is 11.5. The molecule has 2 aromatic carbocycles. The second-order valence-electron chi connectivity index (χ2n) is 4.70. The van der Waals surface area contributed by atoms with Crippen molar-refractivity contribution >= 4 is 5.78 Å². The van der Waals surface area contributed by atoms with Gasteiger partial charge in [-0.3, -0.25) is 4.79 Å². The normalized spacial score (nSPS) is 10.4. The lowest BCUT2D eigenvalue weighted by molar-refractivity contribution is -0.269. The van der Waals surface area contributed by atoms with Crippen molar-refractivity contribution in [2.75, 3.05) is 0 Å². The molecule has 0 saturated heterocycles. The smallest absolute Gasteiger partial charge is 0.346 e. The van der Waals surface area contributed by atoms with Gasteiger partial charge in [0.15, 0.2) is 5.78 Å². The largest absolute Gasteiger partial charge is 0.872 e. The molecule has 0 aliphatic carbocycles. The molecule has 1 heterocycles. The van der Waals surface area contributed by atoms with Gasteiger partial charge in [0.25, 0.3) is 0 Å². The van der Waals surface area contributed by atoms with Crippen molar-refractivity contribution in [3.63, 3.8) is 0 Å². The molecule has 0 radical (unpaired) electrons. The highest BCUT2D eigenvalue weighted by Crippen LogP contribution is 2.23. The molecule has 4 heteroatoms. The SMILES string of the molecule is O=C(c1ccccc1)c1c([O-])cc(-c2ccccc2)oc1=O. The first-order valence-electron chi connectivity index (χ1n) is 6.67. The Kier molecular flexibility index (Phi) is 3.58. The maximum atomic E-state index is 12.3. The number of ketones is 1. The molecule has 22 heavy (non-hydrogen) atoms. The molecular formula is C18H11O4-. The zero-order valence-electron chi connectivity index (χ0n) is 11.5. The van der Waals surface area contributed by atoms with Gasteiger partial charge < -0.3 is 9.52 Å². The Bertz CT molecular complexity index is 865. The lowest BCUT2D eigenvalue weighted by Crippen LogP contribution is -2.18. The minimum absolute atomic E-state index is 0.153. The topological polar surface area (TPSA) is 70.3 Å². The van der Waals surface area contributed by atoms with Crippen molar-refractivity contribution in [1.82, 2.24) is 0 Å². The molecular weight excluding hydrogens is 280 g/mol. The fourth-order valence-corrected chi connectivity index (χ4v) is 2.16. The Morgan fingerprint density at radius 3 is 2.09 bits per heavy atom. The van der Waals surface area contributed by atoms with Crippen molar-refractivity contribution in [1.29, 1.82) is 0 Å². The van der Waals surface area contributed by atoms with Crippen LogP contribution in [0.4, 0.5) is 0 Å². The third kappa shape index (κ3) is 2.54. The average molecular weight is 291 g/mol. The van der Waals surface area contributed by atoms with Crippen molar-refractivity contribution < 1.29 is 14.3 Å². The van der Waals surface area contributed by atoms with Crippen LogP contribution < -0.4 is 10.7 Å². The molecule has 0 amide bonds. The van der Waals surface area contributed by atoms with Crippen LogP contribution in [0.25, 0.3) is 11.3 Å². The molecule has 0 atom stereocenters. The molecule has 3 rings (SSSR count). The highest BCUT2D eigenvalue weighted by Gasteiger charge is 2.16. The molecule has 4 nitrogen and oxygen atoms in total. The summed E-state index contributed by atoms with van der Waals surface area (Å²) in [4.78, 5) is 24.3. The fourth-order valence-electron chi connectivity index (χ4n) is 2.16. The Labute approximate surface area is 126 Å². The summed E-state index contributed by atoms with van der Waals surface area (Å²) in [5.41, 5.74) is -0.499. The van der Waals surface area contributed by atoms with Crippen LogP contribution in [0.15, 0.2) is 75.9 Å². The summed E-state index contributed by atoms with van der Waals surface area (Å²) in [5, 5.41) is 12.2. The van der Waals surface area contributed by atoms with Crippen LogP contribution in [0.5, 0.6) is 5.75 Å². The second-order valence-corrected chi connectivity index (χ2v) is 4.70. The van der Waals surface area contributed by atoms with Crippen LogP contribution in [0.3, 0.4) is 0 Å². The summed E-state index contributed by atoms with van der Waals surface area (Å²) in [7, 11) is 0. The molecule has 0 fully saturated rings. The Hall–Kier alpha value is -3.14. The summed E-state index contributed by atoms with van der Waals surface area (Å²) < 4.78 is 5.14. The lowest BCUT2D eigenvalue weighted by atomic mass is 10.0. The van der Waals surface area contributed by atoms with E-state index in [0.29, 0.717) is 5.56 Å². The predicted molar refractivity (Wildman–Crippen MR) is 79.7 cm³/mol. The monoisotopic (exact) mass is 291 g/mol. The highest BCUT2D eigenvalue weighted by molar-refractivity contribution is 6.10. The Morgan fingerprint density at radius 2 is 1.50 bits per heavy atom. The summed E-state index contributed by atoms with van der Waals surface area (Å²) in [5.74, 6) is -1.11. The van der Waals surface area contributed by atoms with Gasteiger partial charge in [-0.1, -0.05) is 66.4 Å². The van der Waals surface area contributed by atoms with Gasteiger partial charge in [0, 0.05) is 11.1 Å². The van der Waals surface area contributed by atoms with Gasteiger partial charge in [0.1, 0.15) is 11.3 Å². The summed E-state index contributed by atoms with van der Waals surface area (Å²) in [6.07, 6.45) is 0. The minimum atomic E-state index is -0.916. The van der Waals surface area contributed by atoms with E-state index in [1.165, 1.54) is 6.07 Å². The molecule has 0 unspecified atom stereocenters. The van der Waals surface area contributed by atoms with Crippen LogP contribution in [0.2, 0.25) is 0 Å². The van der Waals surface area contributed by atoms with Gasteiger partial charge in [-0.15, -0.1) is 0 Å². The number of carbonyl (C=O) groups is 1. The van der Waals surface area contributed by atoms with Crippen molar-refractivity contribution in [3.8, 4) is 17.1 Å². The van der Waals surface area contributed by atoms with E-state index in [1.54, 1.807) is 54.6 Å². The number of benzene rings is 2. The van der Waals surface area contributed by atoms with Crippen LogP contribution in [-0.4, -0.2) is 5.78 Å². The maximum Gasteiger partial charge on any atom is 0.346 e. The van der Waals surface area contributed by atoms with E-state index in [0.717, 1.165) is 0 Å². The zero-order chi connectivity index (χ0) is 15.5. The van der Waals surface area contributed by atoms with E-state index >= 15 is 0 Å². The van der Waals surface area contributed by atoms with E-state index in [1.807, 2.05) is 6.07 Å². The van der Waals surface area contributed by atoms with Crippen molar-refractivity contribution in [3.05, 3.63) is 88.3 Å². The minimum Gasteiger partial charge on any atom is -0.872 e. The predicted octanol–water partition coefficient (Wildman–Crippen LogP) is 2.61. The van der Waals surface area contributed by atoms with E-state index in [2.05, 4.69) is 0 Å². The Morgan fingerprint density at radius 1 is 0.909 bits per heavy atom. The molecule has 3 aromatic rings. The quantitative estimate of drug-likeness (QED) is 0.695. The first kappa shape index (κ1) is 13.8. The Balaban J connectivity index is 2.08. The lowest BCUT2D eigenvalue weighted by Gasteiger charge is -2.12. The molecule has 0 saturated carbocycles. The van der Waals surface area contributed by atoms with Gasteiger partial charge in [0.2, 0.25) is 0 Å². The van der Waals surface area contributed by atoms with Crippen molar-refractivity contribution in [2.45, 2.75) is 0 Å². The van der Waals surface area contributed by atoms with Gasteiger partial charge in [-0.25, -0.2) is 4.79 Å². The average Bonchev–Trinajstić information content (AvgIpc) is 2.55. The molecule has 0 aliphatic rings. The summed E-state index contributed by atoms with van der Waals surface area (Å²) in [6.45, 7) is 0. The fraction of sp³-hybridized carbons (Fsp3) is 0. The standard InChI is InChI=1S/C18H12O4/c19-14-11-15(12-7-3-1-4-8-12)22-18(21)16(14)17(20)13-9-5-2-6-10-13/h1-11,19H/p-1. The number of rotatable bonds is 3. The van der Waals surface area contributed by atoms with E-state index < -0.39 is 22.7 Å². The molecule has 0 bridgehead atoms. The first-order valence-corrected chi connectivity index (χ1v) is 6.67. The number of hydrogen-bond acceptors (Lipinski definition) is 4. The molecule has 108 valence electrons. The van der Waals surface area contributed by atoms with Gasteiger partial charge >= 0.3 is 5.63 Å². The van der Waals surface area contributed by atoms with Crippen molar-refractivity contribution in [2.24, 2.45) is 0 Å². The maximum absolute atomic E-state index is 12.3. The van der Waals surface area contributed by atoms with Gasteiger partial charge in [0.05, 0.1) is 0 Å². The van der Waals surface area contributed by atoms with E-state index in [-0.39, 0.29) is 11.3 Å². The van der Waals surface area contributed by atoms with Crippen LogP contribution in [0, 0.1) is 0 Å². The van der Waals surface area contributed by atoms with Crippen LogP contribution in [-0.2, 0) is 0 Å². The molecule has 0 N–H and O–H groups in total. The summed E-state index contributed by atoms with van der Waals surface area (Å²) in [6, 6.07) is 18.1. The first-order chi connectivity index (χ1) is 10.7. The summed E-state index contributed by atoms with van der Waals surface area (Å²) >= 11 is 0. The molecule has 0 aliphatic heterocycles. The van der Waals surface area contributed by atoms with Gasteiger partial charge in [-0.05, 0) is 6.07 Å². The van der Waals surface area contributed by atoms with E-state index in [4.69, 9.17) is 4.42 Å². The second kappa shape index (κ2) is 5.69. The van der Waals surface area contributed by atoms with Crippen LogP contribution >= 0.6 is 0 Å².